The molecule has 3 aromatic rings. The van der Waals surface area contributed by atoms with Gasteiger partial charge in [0.25, 0.3) is 0 Å². The lowest BCUT2D eigenvalue weighted by molar-refractivity contribution is 0.570. The van der Waals surface area contributed by atoms with E-state index in [0.29, 0.717) is 5.92 Å². The summed E-state index contributed by atoms with van der Waals surface area (Å²) in [7, 11) is 0. The van der Waals surface area contributed by atoms with Crippen LogP contribution in [0.5, 0.6) is 0 Å². The fraction of sp³-hybridized carbons (Fsp3) is 0.214. The van der Waals surface area contributed by atoms with Crippen LogP contribution in [0.3, 0.4) is 0 Å². The van der Waals surface area contributed by atoms with Crippen molar-refractivity contribution in [2.45, 2.75) is 38.0 Å². The first-order chi connectivity index (χ1) is 14.9. The van der Waals surface area contributed by atoms with Crippen LogP contribution in [0.15, 0.2) is 91.4 Å². The largest absolute Gasteiger partial charge is 0.368 e. The number of aromatic nitrogens is 1. The van der Waals surface area contributed by atoms with Crippen LogP contribution < -0.4 is 5.32 Å². The van der Waals surface area contributed by atoms with Gasteiger partial charge in [0, 0.05) is 30.2 Å². The van der Waals surface area contributed by atoms with Gasteiger partial charge in [-0.2, -0.15) is 0 Å². The lowest BCUT2D eigenvalue weighted by Crippen LogP contribution is -2.17. The van der Waals surface area contributed by atoms with Gasteiger partial charge in [-0.05, 0) is 89.8 Å². The molecular weight excluding hydrogens is 364 g/mol. The Bertz CT molecular complexity index is 1090. The van der Waals surface area contributed by atoms with Crippen LogP contribution in [0.2, 0.25) is 0 Å². The Kier molecular flexibility index (Phi) is 5.39. The number of fused-ring (bicyclic) bond motifs is 5. The maximum Gasteiger partial charge on any atom is 0.0182 e. The van der Waals surface area contributed by atoms with Crippen molar-refractivity contribution >= 4 is 0 Å². The van der Waals surface area contributed by atoms with Gasteiger partial charge in [-0.3, -0.25) is 0 Å². The SMILES string of the molecule is C1=CC=CNC=C1.c1c[nH]c(C2CCc3c(ccc4c3CCc3ccccc3-4)C2)c1. The number of nitrogens with one attached hydrogen (secondary N) is 2. The van der Waals surface area contributed by atoms with Gasteiger partial charge in [-0.15, -0.1) is 0 Å². The molecule has 1 unspecified atom stereocenters. The molecule has 1 atom stereocenters. The molecule has 150 valence electrons. The molecule has 3 aliphatic rings. The first kappa shape index (κ1) is 18.7. The highest BCUT2D eigenvalue weighted by atomic mass is 14.8. The lowest BCUT2D eigenvalue weighted by Gasteiger charge is -2.30. The Morgan fingerprint density at radius 2 is 1.53 bits per heavy atom. The Morgan fingerprint density at radius 1 is 0.667 bits per heavy atom. The van der Waals surface area contributed by atoms with Crippen LogP contribution in [-0.2, 0) is 25.7 Å². The number of hydrogen-bond acceptors (Lipinski definition) is 1. The zero-order chi connectivity index (χ0) is 20.2. The van der Waals surface area contributed by atoms with Crippen molar-refractivity contribution in [3.63, 3.8) is 0 Å². The van der Waals surface area contributed by atoms with Crippen LogP contribution in [0.4, 0.5) is 0 Å². The average Bonchev–Trinajstić information content (AvgIpc) is 3.18. The van der Waals surface area contributed by atoms with Crippen LogP contribution >= 0.6 is 0 Å². The highest BCUT2D eigenvalue weighted by Crippen LogP contribution is 2.41. The van der Waals surface area contributed by atoms with E-state index >= 15 is 0 Å². The van der Waals surface area contributed by atoms with E-state index < -0.39 is 0 Å². The predicted octanol–water partition coefficient (Wildman–Crippen LogP) is 6.23. The molecule has 0 saturated carbocycles. The smallest absolute Gasteiger partial charge is 0.0182 e. The zero-order valence-corrected chi connectivity index (χ0v) is 17.3. The number of hydrogen-bond donors (Lipinski definition) is 2. The highest BCUT2D eigenvalue weighted by Gasteiger charge is 2.26. The maximum atomic E-state index is 3.41. The molecule has 1 aliphatic heterocycles. The van der Waals surface area contributed by atoms with E-state index in [1.54, 1.807) is 16.7 Å². The summed E-state index contributed by atoms with van der Waals surface area (Å²) in [4.78, 5) is 3.41. The third-order valence-corrected chi connectivity index (χ3v) is 6.47. The number of rotatable bonds is 1. The molecule has 0 spiro atoms. The van der Waals surface area contributed by atoms with E-state index in [1.165, 1.54) is 54.5 Å². The van der Waals surface area contributed by atoms with Crippen LogP contribution in [0.1, 0.15) is 40.3 Å². The molecule has 2 N–H and O–H groups in total. The van der Waals surface area contributed by atoms with Crippen molar-refractivity contribution in [1.82, 2.24) is 10.3 Å². The second-order valence-corrected chi connectivity index (χ2v) is 8.22. The first-order valence-electron chi connectivity index (χ1n) is 11.0. The Morgan fingerprint density at radius 3 is 2.37 bits per heavy atom. The summed E-state index contributed by atoms with van der Waals surface area (Å²) in [5, 5.41) is 2.92. The Labute approximate surface area is 179 Å². The molecule has 30 heavy (non-hydrogen) atoms. The van der Waals surface area contributed by atoms with Gasteiger partial charge in [0.05, 0.1) is 0 Å². The van der Waals surface area contributed by atoms with Gasteiger partial charge >= 0.3 is 0 Å². The van der Waals surface area contributed by atoms with Crippen molar-refractivity contribution in [1.29, 1.82) is 0 Å². The van der Waals surface area contributed by atoms with Gasteiger partial charge in [-0.1, -0.05) is 48.6 Å². The summed E-state index contributed by atoms with van der Waals surface area (Å²) in [6.07, 6.45) is 19.7. The average molecular weight is 393 g/mol. The molecule has 0 fully saturated rings. The molecule has 2 nitrogen and oxygen atoms in total. The number of aromatic amines is 1. The number of H-pyrrole nitrogens is 1. The van der Waals surface area contributed by atoms with E-state index in [2.05, 4.69) is 65.0 Å². The number of benzene rings is 2. The highest BCUT2D eigenvalue weighted by molar-refractivity contribution is 5.75. The van der Waals surface area contributed by atoms with Crippen molar-refractivity contribution in [3.8, 4) is 11.1 Å². The summed E-state index contributed by atoms with van der Waals surface area (Å²) in [6, 6.07) is 18.1. The Balaban J connectivity index is 0.000000236. The minimum absolute atomic E-state index is 0.659. The van der Waals surface area contributed by atoms with E-state index in [9.17, 15) is 0 Å². The summed E-state index contributed by atoms with van der Waals surface area (Å²) in [5.74, 6) is 0.659. The maximum absolute atomic E-state index is 3.41. The molecule has 1 aromatic heterocycles. The van der Waals surface area contributed by atoms with Gasteiger partial charge in [0.15, 0.2) is 0 Å². The third kappa shape index (κ3) is 3.78. The Hall–Kier alpha value is -3.26. The molecule has 0 saturated heterocycles. The molecular formula is C28H28N2. The monoisotopic (exact) mass is 392 g/mol. The molecule has 6 rings (SSSR count). The van der Waals surface area contributed by atoms with Crippen LogP contribution in [0, 0.1) is 0 Å². The van der Waals surface area contributed by atoms with E-state index in [4.69, 9.17) is 0 Å². The quantitative estimate of drug-likeness (QED) is 0.505. The second kappa shape index (κ2) is 8.62. The molecule has 2 heteroatoms. The molecule has 0 amide bonds. The van der Waals surface area contributed by atoms with Crippen molar-refractivity contribution in [2.24, 2.45) is 0 Å². The third-order valence-electron chi connectivity index (χ3n) is 6.47. The fourth-order valence-electron chi connectivity index (χ4n) is 5.00. The first-order valence-corrected chi connectivity index (χ1v) is 11.0. The van der Waals surface area contributed by atoms with Gasteiger partial charge in [0.2, 0.25) is 0 Å². The number of aryl methyl sites for hydroxylation is 1. The fourth-order valence-corrected chi connectivity index (χ4v) is 5.00. The lowest BCUT2D eigenvalue weighted by atomic mass is 9.75. The summed E-state index contributed by atoms with van der Waals surface area (Å²) in [5.41, 5.74) is 10.7. The van der Waals surface area contributed by atoms with Crippen molar-refractivity contribution in [2.75, 3.05) is 0 Å². The van der Waals surface area contributed by atoms with E-state index in [1.807, 2.05) is 36.7 Å². The van der Waals surface area contributed by atoms with Gasteiger partial charge < -0.3 is 10.3 Å². The summed E-state index contributed by atoms with van der Waals surface area (Å²) >= 11 is 0. The second-order valence-electron chi connectivity index (χ2n) is 8.22. The zero-order valence-electron chi connectivity index (χ0n) is 17.3. The topological polar surface area (TPSA) is 27.8 Å². The van der Waals surface area contributed by atoms with E-state index in [-0.39, 0.29) is 0 Å². The number of allylic oxidation sites excluding steroid dienone is 4. The molecule has 2 heterocycles. The molecule has 0 radical (unpaired) electrons. The minimum atomic E-state index is 0.659. The van der Waals surface area contributed by atoms with Crippen LogP contribution in [0.25, 0.3) is 11.1 Å². The molecule has 2 aliphatic carbocycles. The van der Waals surface area contributed by atoms with Crippen molar-refractivity contribution < 1.29 is 0 Å². The van der Waals surface area contributed by atoms with Crippen molar-refractivity contribution in [3.05, 3.63) is 119 Å². The molecule has 0 bridgehead atoms. The van der Waals surface area contributed by atoms with Gasteiger partial charge in [0.1, 0.15) is 0 Å². The van der Waals surface area contributed by atoms with Gasteiger partial charge in [-0.25, -0.2) is 0 Å². The molecule has 2 aromatic carbocycles. The summed E-state index contributed by atoms with van der Waals surface area (Å²) in [6.45, 7) is 0. The van der Waals surface area contributed by atoms with E-state index in [0.717, 1.165) is 0 Å². The standard InChI is InChI=1S/C22H21N.C6H7N/c1-2-5-18-15(4-1)7-11-21-19-10-9-17(22-6-3-13-23-22)14-16(19)8-12-20(18)21;1-2-4-6-7-5-3-1/h1-6,8,12-13,17,23H,7,9-11,14H2;1-7H. The normalized spacial score (nSPS) is 18.2. The van der Waals surface area contributed by atoms with Crippen LogP contribution in [-0.4, -0.2) is 4.98 Å². The minimum Gasteiger partial charge on any atom is -0.368 e. The predicted molar refractivity (Wildman–Crippen MR) is 125 cm³/mol. The summed E-state index contributed by atoms with van der Waals surface area (Å²) < 4.78 is 0.